The molecule has 6 nitrogen and oxygen atoms in total. The zero-order chi connectivity index (χ0) is 19.4. The second kappa shape index (κ2) is 8.39. The summed E-state index contributed by atoms with van der Waals surface area (Å²) < 4.78 is 15.7. The molecule has 2 N–H and O–H groups in total. The second-order valence-corrected chi connectivity index (χ2v) is 6.78. The Bertz CT molecular complexity index is 806. The van der Waals surface area contributed by atoms with E-state index in [0.717, 1.165) is 24.2 Å². The van der Waals surface area contributed by atoms with Gasteiger partial charge < -0.3 is 24.8 Å². The predicted molar refractivity (Wildman–Crippen MR) is 105 cm³/mol. The molecule has 0 radical (unpaired) electrons. The Balaban J connectivity index is 1.74. The maximum Gasteiger partial charge on any atom is 0.319 e. The lowest BCUT2D eigenvalue weighted by Crippen LogP contribution is -2.33. The van der Waals surface area contributed by atoms with Gasteiger partial charge >= 0.3 is 6.03 Å². The van der Waals surface area contributed by atoms with Gasteiger partial charge in [0, 0.05) is 6.07 Å². The number of hydrogen-bond donors (Lipinski definition) is 2. The van der Waals surface area contributed by atoms with Crippen molar-refractivity contribution in [2.24, 2.45) is 5.92 Å². The molecule has 7 heteroatoms. The number of nitrogens with one attached hydrogen (secondary N) is 2. The van der Waals surface area contributed by atoms with E-state index >= 15 is 0 Å². The van der Waals surface area contributed by atoms with E-state index in [2.05, 4.69) is 10.6 Å². The smallest absolute Gasteiger partial charge is 0.319 e. The fourth-order valence-electron chi connectivity index (χ4n) is 2.97. The van der Waals surface area contributed by atoms with E-state index in [1.807, 2.05) is 24.3 Å². The van der Waals surface area contributed by atoms with Crippen LogP contribution >= 0.6 is 11.6 Å². The quantitative estimate of drug-likeness (QED) is 0.722. The number of rotatable bonds is 7. The van der Waals surface area contributed by atoms with Crippen LogP contribution in [0.3, 0.4) is 0 Å². The summed E-state index contributed by atoms with van der Waals surface area (Å²) in [6.45, 7) is 0. The number of halogens is 1. The Kier molecular flexibility index (Phi) is 5.96. The molecule has 1 unspecified atom stereocenters. The van der Waals surface area contributed by atoms with Crippen molar-refractivity contribution in [3.63, 3.8) is 0 Å². The van der Waals surface area contributed by atoms with Gasteiger partial charge in [0.1, 0.15) is 17.2 Å². The molecule has 27 heavy (non-hydrogen) atoms. The third-order valence-electron chi connectivity index (χ3n) is 4.58. The first-order valence-electron chi connectivity index (χ1n) is 8.68. The molecule has 2 amide bonds. The monoisotopic (exact) mass is 390 g/mol. The van der Waals surface area contributed by atoms with Crippen molar-refractivity contribution in [3.05, 3.63) is 47.0 Å². The van der Waals surface area contributed by atoms with Crippen LogP contribution in [0.1, 0.15) is 24.4 Å². The zero-order valence-corrected chi connectivity index (χ0v) is 16.3. The molecule has 0 aromatic heterocycles. The van der Waals surface area contributed by atoms with Crippen LogP contribution in [0, 0.1) is 5.92 Å². The van der Waals surface area contributed by atoms with Gasteiger partial charge in [-0.3, -0.25) is 0 Å². The molecule has 1 aliphatic carbocycles. The molecule has 1 fully saturated rings. The Labute approximate surface area is 163 Å². The highest BCUT2D eigenvalue weighted by Crippen LogP contribution is 2.41. The first-order valence-corrected chi connectivity index (χ1v) is 9.06. The molecule has 0 aliphatic heterocycles. The first-order chi connectivity index (χ1) is 13.0. The summed E-state index contributed by atoms with van der Waals surface area (Å²) >= 11 is 6.17. The van der Waals surface area contributed by atoms with E-state index in [-0.39, 0.29) is 12.1 Å². The normalized spacial score (nSPS) is 14.2. The van der Waals surface area contributed by atoms with Gasteiger partial charge in [0.25, 0.3) is 0 Å². The minimum absolute atomic E-state index is 0.0596. The molecule has 0 bridgehead atoms. The lowest BCUT2D eigenvalue weighted by molar-refractivity contribution is 0.247. The number of ether oxygens (including phenoxy) is 3. The molecule has 1 aliphatic rings. The van der Waals surface area contributed by atoms with Crippen molar-refractivity contribution in [1.82, 2.24) is 5.32 Å². The standard InChI is InChI=1S/C20H23ClN2O4/c1-25-14-8-6-13(7-9-14)19(12-4-5-12)23-20(24)22-16-10-15(21)17(26-2)11-18(16)27-3/h6-12,19H,4-5H2,1-3H3,(H2,22,23,24). The Morgan fingerprint density at radius 3 is 2.26 bits per heavy atom. The fraction of sp³-hybridized carbons (Fsp3) is 0.350. The van der Waals surface area contributed by atoms with E-state index in [9.17, 15) is 4.79 Å². The highest BCUT2D eigenvalue weighted by molar-refractivity contribution is 6.32. The van der Waals surface area contributed by atoms with Crippen molar-refractivity contribution >= 4 is 23.3 Å². The molecule has 2 aromatic rings. The molecule has 0 saturated heterocycles. The van der Waals surface area contributed by atoms with Crippen LogP contribution in [0.5, 0.6) is 17.2 Å². The molecule has 0 spiro atoms. The van der Waals surface area contributed by atoms with Crippen LogP contribution in [0.25, 0.3) is 0 Å². The van der Waals surface area contributed by atoms with Gasteiger partial charge in [0.05, 0.1) is 38.1 Å². The number of urea groups is 1. The maximum atomic E-state index is 12.6. The molecule has 2 aromatic carbocycles. The fourth-order valence-corrected chi connectivity index (χ4v) is 3.21. The minimum Gasteiger partial charge on any atom is -0.497 e. The van der Waals surface area contributed by atoms with E-state index in [0.29, 0.717) is 28.1 Å². The first kappa shape index (κ1) is 19.2. The number of hydrogen-bond acceptors (Lipinski definition) is 4. The largest absolute Gasteiger partial charge is 0.497 e. The van der Waals surface area contributed by atoms with Gasteiger partial charge in [-0.05, 0) is 42.5 Å². The molecule has 144 valence electrons. The van der Waals surface area contributed by atoms with Crippen LogP contribution in [0.2, 0.25) is 5.02 Å². The Morgan fingerprint density at radius 1 is 1.04 bits per heavy atom. The minimum atomic E-state index is -0.317. The number of carbonyl (C=O) groups is 1. The van der Waals surface area contributed by atoms with Crippen molar-refractivity contribution < 1.29 is 19.0 Å². The van der Waals surface area contributed by atoms with Crippen LogP contribution < -0.4 is 24.8 Å². The van der Waals surface area contributed by atoms with Crippen LogP contribution in [-0.2, 0) is 0 Å². The van der Waals surface area contributed by atoms with Crippen LogP contribution in [0.4, 0.5) is 10.5 Å². The Hall–Kier alpha value is -2.60. The SMILES string of the molecule is COc1ccc(C(NC(=O)Nc2cc(Cl)c(OC)cc2OC)C2CC2)cc1. The average molecular weight is 391 g/mol. The van der Waals surface area contributed by atoms with E-state index in [1.54, 1.807) is 19.2 Å². The van der Waals surface area contributed by atoms with E-state index < -0.39 is 0 Å². The average Bonchev–Trinajstić information content (AvgIpc) is 3.51. The van der Waals surface area contributed by atoms with Crippen molar-refractivity contribution in [2.75, 3.05) is 26.6 Å². The van der Waals surface area contributed by atoms with E-state index in [1.165, 1.54) is 14.2 Å². The number of carbonyl (C=O) groups excluding carboxylic acids is 1. The summed E-state index contributed by atoms with van der Waals surface area (Å²) in [4.78, 5) is 12.6. The van der Waals surface area contributed by atoms with Crippen LogP contribution in [0.15, 0.2) is 36.4 Å². The third kappa shape index (κ3) is 4.57. The van der Waals surface area contributed by atoms with Crippen molar-refractivity contribution in [3.8, 4) is 17.2 Å². The van der Waals surface area contributed by atoms with Gasteiger partial charge in [-0.15, -0.1) is 0 Å². The molecule has 1 atom stereocenters. The van der Waals surface area contributed by atoms with Gasteiger partial charge in [0.2, 0.25) is 0 Å². The topological polar surface area (TPSA) is 68.8 Å². The summed E-state index contributed by atoms with van der Waals surface area (Å²) in [7, 11) is 4.68. The highest BCUT2D eigenvalue weighted by atomic mass is 35.5. The predicted octanol–water partition coefficient (Wildman–Crippen LogP) is 4.64. The summed E-state index contributed by atoms with van der Waals surface area (Å²) in [6, 6.07) is 10.6. The summed E-state index contributed by atoms with van der Waals surface area (Å²) in [5, 5.41) is 6.27. The van der Waals surface area contributed by atoms with Gasteiger partial charge in [-0.25, -0.2) is 4.79 Å². The lowest BCUT2D eigenvalue weighted by Gasteiger charge is -2.20. The molecule has 1 saturated carbocycles. The molecular weight excluding hydrogens is 368 g/mol. The zero-order valence-electron chi connectivity index (χ0n) is 15.5. The van der Waals surface area contributed by atoms with Crippen molar-refractivity contribution in [1.29, 1.82) is 0 Å². The lowest BCUT2D eigenvalue weighted by atomic mass is 10.0. The number of anilines is 1. The van der Waals surface area contributed by atoms with Gasteiger partial charge in [-0.1, -0.05) is 23.7 Å². The third-order valence-corrected chi connectivity index (χ3v) is 4.87. The summed E-state index contributed by atoms with van der Waals surface area (Å²) in [5.74, 6) is 2.17. The number of amides is 2. The number of benzene rings is 2. The van der Waals surface area contributed by atoms with Crippen LogP contribution in [-0.4, -0.2) is 27.4 Å². The second-order valence-electron chi connectivity index (χ2n) is 6.37. The van der Waals surface area contributed by atoms with Crippen molar-refractivity contribution in [2.45, 2.75) is 18.9 Å². The summed E-state index contributed by atoms with van der Waals surface area (Å²) in [6.07, 6.45) is 2.18. The molecular formula is C20H23ClN2O4. The highest BCUT2D eigenvalue weighted by Gasteiger charge is 2.33. The maximum absolute atomic E-state index is 12.6. The van der Waals surface area contributed by atoms with E-state index in [4.69, 9.17) is 25.8 Å². The van der Waals surface area contributed by atoms with Gasteiger partial charge in [-0.2, -0.15) is 0 Å². The molecule has 3 rings (SSSR count). The Morgan fingerprint density at radius 2 is 1.70 bits per heavy atom. The van der Waals surface area contributed by atoms with Gasteiger partial charge in [0.15, 0.2) is 0 Å². The summed E-state index contributed by atoms with van der Waals surface area (Å²) in [5.41, 5.74) is 1.53. The number of methoxy groups -OCH3 is 3. The molecule has 0 heterocycles.